The number of halogens is 3. The van der Waals surface area contributed by atoms with Crippen LogP contribution in [-0.4, -0.2) is 16.1 Å². The lowest BCUT2D eigenvalue weighted by atomic mass is 10.0. The fourth-order valence-electron chi connectivity index (χ4n) is 1.25. The van der Waals surface area contributed by atoms with Crippen molar-refractivity contribution in [1.82, 2.24) is 4.98 Å². The van der Waals surface area contributed by atoms with E-state index in [9.17, 15) is 18.0 Å². The van der Waals surface area contributed by atoms with Gasteiger partial charge in [0, 0.05) is 0 Å². The number of alkyl halides is 3. The summed E-state index contributed by atoms with van der Waals surface area (Å²) in [5.41, 5.74) is -1.31. The zero-order valence-corrected chi connectivity index (χ0v) is 8.67. The maximum atomic E-state index is 12.4. The molecule has 0 saturated carbocycles. The van der Waals surface area contributed by atoms with Crippen LogP contribution in [0.3, 0.4) is 0 Å². The van der Waals surface area contributed by atoms with Crippen LogP contribution in [0, 0.1) is 0 Å². The molecule has 0 spiro atoms. The van der Waals surface area contributed by atoms with Gasteiger partial charge in [0.05, 0.1) is 11.3 Å². The molecule has 0 aromatic carbocycles. The molecule has 0 aliphatic rings. The first-order chi connectivity index (χ1) is 7.23. The first kappa shape index (κ1) is 12.5. The topological polar surface area (TPSA) is 50.2 Å². The van der Waals surface area contributed by atoms with Gasteiger partial charge in [0.25, 0.3) is 0 Å². The average molecular weight is 233 g/mol. The highest BCUT2D eigenvalue weighted by Crippen LogP contribution is 2.29. The second kappa shape index (κ2) is 4.11. The molecular weight excluding hydrogens is 223 g/mol. The number of hydrogen-bond acceptors (Lipinski definition) is 2. The number of carbonyl (C=O) groups is 1. The van der Waals surface area contributed by atoms with Gasteiger partial charge >= 0.3 is 12.1 Å². The molecule has 16 heavy (non-hydrogen) atoms. The Balaban J connectivity index is 3.34. The van der Waals surface area contributed by atoms with Crippen LogP contribution in [0.2, 0.25) is 0 Å². The van der Waals surface area contributed by atoms with Gasteiger partial charge in [0.1, 0.15) is 5.69 Å². The van der Waals surface area contributed by atoms with Gasteiger partial charge in [0.15, 0.2) is 0 Å². The van der Waals surface area contributed by atoms with E-state index in [0.717, 1.165) is 6.07 Å². The van der Waals surface area contributed by atoms with Crippen molar-refractivity contribution in [2.75, 3.05) is 0 Å². The quantitative estimate of drug-likeness (QED) is 0.854. The zero-order chi connectivity index (χ0) is 12.5. The molecule has 3 nitrogen and oxygen atoms in total. The molecule has 1 N–H and O–H groups in total. The molecule has 0 saturated heterocycles. The van der Waals surface area contributed by atoms with Crippen LogP contribution in [-0.2, 0) is 6.18 Å². The van der Waals surface area contributed by atoms with Crippen molar-refractivity contribution in [1.29, 1.82) is 0 Å². The van der Waals surface area contributed by atoms with Crippen LogP contribution in [0.25, 0.3) is 0 Å². The average Bonchev–Trinajstić information content (AvgIpc) is 2.15. The zero-order valence-electron chi connectivity index (χ0n) is 8.67. The normalized spacial score (nSPS) is 11.9. The summed E-state index contributed by atoms with van der Waals surface area (Å²) in [5.74, 6) is -1.65. The molecule has 1 rings (SSSR count). The maximum Gasteiger partial charge on any atom is 0.433 e. The molecule has 0 aliphatic carbocycles. The number of nitrogens with zero attached hydrogens (tertiary/aromatic N) is 1. The Morgan fingerprint density at radius 2 is 1.94 bits per heavy atom. The summed E-state index contributed by atoms with van der Waals surface area (Å²) in [5, 5.41) is 8.79. The minimum Gasteiger partial charge on any atom is -0.478 e. The van der Waals surface area contributed by atoms with Crippen LogP contribution in [0.15, 0.2) is 12.1 Å². The fraction of sp³-hybridized carbons (Fsp3) is 0.400. The third-order valence-electron chi connectivity index (χ3n) is 1.99. The second-order valence-corrected chi connectivity index (χ2v) is 3.59. The van der Waals surface area contributed by atoms with Gasteiger partial charge in [-0.1, -0.05) is 13.8 Å². The summed E-state index contributed by atoms with van der Waals surface area (Å²) in [4.78, 5) is 14.1. The third-order valence-corrected chi connectivity index (χ3v) is 1.99. The summed E-state index contributed by atoms with van der Waals surface area (Å²) in [6, 6.07) is 1.61. The van der Waals surface area contributed by atoms with Crippen molar-refractivity contribution in [2.45, 2.75) is 25.9 Å². The molecule has 0 radical (unpaired) electrons. The van der Waals surface area contributed by atoms with Crippen molar-refractivity contribution >= 4 is 5.97 Å². The summed E-state index contributed by atoms with van der Waals surface area (Å²) < 4.78 is 37.1. The molecule has 0 aliphatic heterocycles. The van der Waals surface area contributed by atoms with E-state index in [2.05, 4.69) is 4.98 Å². The van der Waals surface area contributed by atoms with Crippen LogP contribution < -0.4 is 0 Å². The summed E-state index contributed by atoms with van der Waals surface area (Å²) in [6.45, 7) is 3.18. The van der Waals surface area contributed by atoms with E-state index >= 15 is 0 Å². The van der Waals surface area contributed by atoms with E-state index in [1.165, 1.54) is 0 Å². The van der Waals surface area contributed by atoms with Gasteiger partial charge in [0.2, 0.25) is 0 Å². The smallest absolute Gasteiger partial charge is 0.433 e. The molecule has 0 fully saturated rings. The van der Waals surface area contributed by atoms with Crippen molar-refractivity contribution in [3.05, 3.63) is 29.1 Å². The Morgan fingerprint density at radius 1 is 1.38 bits per heavy atom. The lowest BCUT2D eigenvalue weighted by molar-refractivity contribution is -0.141. The van der Waals surface area contributed by atoms with Crippen molar-refractivity contribution < 1.29 is 23.1 Å². The van der Waals surface area contributed by atoms with Gasteiger partial charge in [-0.25, -0.2) is 9.78 Å². The lowest BCUT2D eigenvalue weighted by Crippen LogP contribution is -2.13. The van der Waals surface area contributed by atoms with E-state index in [0.29, 0.717) is 6.07 Å². The molecule has 1 aromatic heterocycles. The Kier molecular flexibility index (Phi) is 3.21. The maximum absolute atomic E-state index is 12.4. The molecule has 1 heterocycles. The molecule has 0 bridgehead atoms. The predicted molar refractivity (Wildman–Crippen MR) is 50.3 cm³/mol. The Morgan fingerprint density at radius 3 is 2.31 bits per heavy atom. The van der Waals surface area contributed by atoms with Gasteiger partial charge in [-0.05, 0) is 18.1 Å². The van der Waals surface area contributed by atoms with Crippen LogP contribution in [0.5, 0.6) is 0 Å². The fourth-order valence-corrected chi connectivity index (χ4v) is 1.25. The largest absolute Gasteiger partial charge is 0.478 e. The minimum atomic E-state index is -4.55. The second-order valence-electron chi connectivity index (χ2n) is 3.59. The molecular formula is C10H10F3NO2. The van der Waals surface area contributed by atoms with Crippen LogP contribution in [0.4, 0.5) is 13.2 Å². The van der Waals surface area contributed by atoms with E-state index in [-0.39, 0.29) is 17.2 Å². The number of rotatable bonds is 2. The van der Waals surface area contributed by atoms with Gasteiger partial charge in [-0.3, -0.25) is 0 Å². The standard InChI is InChI=1S/C10H10F3NO2/c1-5(2)8-6(9(15)16)3-4-7(14-8)10(11,12)13/h3-5H,1-2H3,(H,15,16). The van der Waals surface area contributed by atoms with E-state index in [4.69, 9.17) is 5.11 Å². The Bertz CT molecular complexity index is 413. The Labute approximate surface area is 89.9 Å². The number of aromatic nitrogens is 1. The monoisotopic (exact) mass is 233 g/mol. The van der Waals surface area contributed by atoms with Gasteiger partial charge < -0.3 is 5.11 Å². The highest BCUT2D eigenvalue weighted by molar-refractivity contribution is 5.89. The number of carboxylic acid groups (broad SMARTS) is 1. The first-order valence-electron chi connectivity index (χ1n) is 4.55. The molecule has 0 amide bonds. The first-order valence-corrected chi connectivity index (χ1v) is 4.55. The van der Waals surface area contributed by atoms with Crippen molar-refractivity contribution in [3.63, 3.8) is 0 Å². The van der Waals surface area contributed by atoms with Crippen LogP contribution >= 0.6 is 0 Å². The highest BCUT2D eigenvalue weighted by atomic mass is 19.4. The molecule has 6 heteroatoms. The molecule has 1 aromatic rings. The summed E-state index contributed by atoms with van der Waals surface area (Å²) in [6.07, 6.45) is -4.55. The summed E-state index contributed by atoms with van der Waals surface area (Å²) in [7, 11) is 0. The van der Waals surface area contributed by atoms with E-state index in [1.54, 1.807) is 13.8 Å². The third kappa shape index (κ3) is 2.50. The van der Waals surface area contributed by atoms with Gasteiger partial charge in [-0.15, -0.1) is 0 Å². The highest BCUT2D eigenvalue weighted by Gasteiger charge is 2.33. The molecule has 0 atom stereocenters. The number of pyridine rings is 1. The number of aromatic carboxylic acids is 1. The van der Waals surface area contributed by atoms with Crippen molar-refractivity contribution in [2.24, 2.45) is 0 Å². The SMILES string of the molecule is CC(C)c1nc(C(F)(F)F)ccc1C(=O)O. The number of carboxylic acids is 1. The summed E-state index contributed by atoms with van der Waals surface area (Å²) >= 11 is 0. The number of hydrogen-bond donors (Lipinski definition) is 1. The molecule has 88 valence electrons. The van der Waals surface area contributed by atoms with E-state index in [1.807, 2.05) is 0 Å². The van der Waals surface area contributed by atoms with Crippen molar-refractivity contribution in [3.8, 4) is 0 Å². The Hall–Kier alpha value is -1.59. The van der Waals surface area contributed by atoms with Gasteiger partial charge in [-0.2, -0.15) is 13.2 Å². The molecule has 0 unspecified atom stereocenters. The van der Waals surface area contributed by atoms with Crippen LogP contribution in [0.1, 0.15) is 41.5 Å². The van der Waals surface area contributed by atoms with E-state index < -0.39 is 17.8 Å². The predicted octanol–water partition coefficient (Wildman–Crippen LogP) is 2.92. The lowest BCUT2D eigenvalue weighted by Gasteiger charge is -2.12. The minimum absolute atomic E-state index is 0.0534.